The second kappa shape index (κ2) is 8.88. The summed E-state index contributed by atoms with van der Waals surface area (Å²) < 4.78 is 28.8. The van der Waals surface area contributed by atoms with Crippen LogP contribution in [0.3, 0.4) is 0 Å². The van der Waals surface area contributed by atoms with Crippen molar-refractivity contribution in [2.75, 3.05) is 36.0 Å². The standard InChI is InChI=1S/C24H24N4O2S2/c1-17-6-8-18(9-7-17)16-22-25-24(31-26-22)28-14-12-27(13-15-28)21-11-10-19-4-2-3-5-20(19)23(21)32(29)30/h2-11,32H,12-16H2,1H3. The molecule has 5 rings (SSSR count). The van der Waals surface area contributed by atoms with E-state index in [4.69, 9.17) is 4.98 Å². The molecule has 1 saturated heterocycles. The fourth-order valence-corrected chi connectivity index (χ4v) is 5.70. The topological polar surface area (TPSA) is 66.4 Å². The van der Waals surface area contributed by atoms with Crippen LogP contribution in [0, 0.1) is 6.92 Å². The van der Waals surface area contributed by atoms with E-state index in [1.54, 1.807) is 0 Å². The molecule has 0 saturated carbocycles. The molecule has 2 heterocycles. The molecule has 0 atom stereocenters. The Balaban J connectivity index is 1.30. The van der Waals surface area contributed by atoms with Gasteiger partial charge < -0.3 is 9.80 Å². The molecule has 1 aliphatic rings. The Hall–Kier alpha value is -2.97. The van der Waals surface area contributed by atoms with Crippen molar-refractivity contribution in [1.29, 1.82) is 0 Å². The number of fused-ring (bicyclic) bond motifs is 1. The predicted molar refractivity (Wildman–Crippen MR) is 131 cm³/mol. The number of hydrogen-bond acceptors (Lipinski definition) is 7. The van der Waals surface area contributed by atoms with Crippen LogP contribution < -0.4 is 9.80 Å². The Morgan fingerprint density at radius 1 is 0.906 bits per heavy atom. The number of thiol groups is 1. The lowest BCUT2D eigenvalue weighted by Gasteiger charge is -2.36. The molecular weight excluding hydrogens is 440 g/mol. The van der Waals surface area contributed by atoms with Crippen LogP contribution in [-0.2, 0) is 17.1 Å². The van der Waals surface area contributed by atoms with Gasteiger partial charge in [0, 0.05) is 49.5 Å². The molecule has 1 aromatic heterocycles. The van der Waals surface area contributed by atoms with E-state index in [9.17, 15) is 8.42 Å². The maximum absolute atomic E-state index is 12.1. The van der Waals surface area contributed by atoms with E-state index >= 15 is 0 Å². The Bertz CT molecular complexity index is 1320. The van der Waals surface area contributed by atoms with Gasteiger partial charge >= 0.3 is 0 Å². The summed E-state index contributed by atoms with van der Waals surface area (Å²) >= 11 is 1.43. The number of aryl methyl sites for hydroxylation is 1. The molecule has 0 N–H and O–H groups in total. The van der Waals surface area contributed by atoms with Crippen LogP contribution >= 0.6 is 11.5 Å². The van der Waals surface area contributed by atoms with Gasteiger partial charge in [-0.3, -0.25) is 0 Å². The molecule has 164 valence electrons. The predicted octanol–water partition coefficient (Wildman–Crippen LogP) is 3.89. The Labute approximate surface area is 193 Å². The van der Waals surface area contributed by atoms with Crippen LogP contribution in [0.1, 0.15) is 17.0 Å². The first-order valence-electron chi connectivity index (χ1n) is 10.6. The molecular formula is C24H24N4O2S2. The lowest BCUT2D eigenvalue weighted by atomic mass is 10.1. The van der Waals surface area contributed by atoms with Crippen LogP contribution in [0.2, 0.25) is 0 Å². The molecule has 32 heavy (non-hydrogen) atoms. The molecule has 0 radical (unpaired) electrons. The van der Waals surface area contributed by atoms with E-state index in [2.05, 4.69) is 45.4 Å². The van der Waals surface area contributed by atoms with Gasteiger partial charge in [0.2, 0.25) is 5.13 Å². The van der Waals surface area contributed by atoms with Crippen LogP contribution in [0.15, 0.2) is 65.6 Å². The highest BCUT2D eigenvalue weighted by Crippen LogP contribution is 2.31. The summed E-state index contributed by atoms with van der Waals surface area (Å²) in [5.74, 6) is 0.844. The third-order valence-electron chi connectivity index (χ3n) is 5.89. The number of anilines is 2. The summed E-state index contributed by atoms with van der Waals surface area (Å²) in [4.78, 5) is 9.58. The van der Waals surface area contributed by atoms with Crippen molar-refractivity contribution in [1.82, 2.24) is 9.36 Å². The number of nitrogens with zero attached hydrogens (tertiary/aromatic N) is 4. The van der Waals surface area contributed by atoms with Crippen molar-refractivity contribution in [3.8, 4) is 0 Å². The number of hydrogen-bond donors (Lipinski definition) is 1. The minimum Gasteiger partial charge on any atom is -0.367 e. The zero-order valence-corrected chi connectivity index (χ0v) is 19.5. The van der Waals surface area contributed by atoms with Crippen LogP contribution in [0.5, 0.6) is 0 Å². The zero-order valence-electron chi connectivity index (χ0n) is 17.8. The number of piperazine rings is 1. The summed E-state index contributed by atoms with van der Waals surface area (Å²) in [6.07, 6.45) is 0.730. The minimum absolute atomic E-state index is 0.419. The van der Waals surface area contributed by atoms with Gasteiger partial charge in [-0.25, -0.2) is 13.4 Å². The summed E-state index contributed by atoms with van der Waals surface area (Å²) in [6.45, 7) is 5.11. The van der Waals surface area contributed by atoms with Crippen molar-refractivity contribution in [3.05, 3.63) is 77.6 Å². The highest BCUT2D eigenvalue weighted by atomic mass is 32.2. The van der Waals surface area contributed by atoms with Gasteiger partial charge in [-0.15, -0.1) is 0 Å². The van der Waals surface area contributed by atoms with Gasteiger partial charge in [-0.05, 0) is 23.9 Å². The summed E-state index contributed by atoms with van der Waals surface area (Å²) in [5, 5.41) is 2.66. The Morgan fingerprint density at radius 2 is 1.62 bits per heavy atom. The van der Waals surface area contributed by atoms with E-state index in [0.29, 0.717) is 4.90 Å². The van der Waals surface area contributed by atoms with E-state index < -0.39 is 10.7 Å². The first kappa shape index (κ1) is 20.9. The number of rotatable bonds is 5. The fraction of sp³-hybridized carbons (Fsp3) is 0.250. The minimum atomic E-state index is -2.69. The average molecular weight is 465 g/mol. The van der Waals surface area contributed by atoms with Crippen LogP contribution in [-0.4, -0.2) is 44.0 Å². The maximum atomic E-state index is 12.1. The number of aromatic nitrogens is 2. The fourth-order valence-electron chi connectivity index (χ4n) is 4.16. The van der Waals surface area contributed by atoms with Crippen LogP contribution in [0.4, 0.5) is 10.8 Å². The van der Waals surface area contributed by atoms with E-state index in [0.717, 1.165) is 60.0 Å². The summed E-state index contributed by atoms with van der Waals surface area (Å²) in [5.41, 5.74) is 3.24. The van der Waals surface area contributed by atoms with Gasteiger partial charge in [0.1, 0.15) is 5.82 Å². The SMILES string of the molecule is Cc1ccc(Cc2nsc(N3CCN(c4ccc5ccccc5c4[SH](=O)=O)CC3)n2)cc1. The molecule has 0 unspecified atom stereocenters. The molecule has 0 bridgehead atoms. The van der Waals surface area contributed by atoms with Crippen molar-refractivity contribution in [3.63, 3.8) is 0 Å². The molecule has 8 heteroatoms. The second-order valence-electron chi connectivity index (χ2n) is 8.04. The van der Waals surface area contributed by atoms with Crippen molar-refractivity contribution in [2.24, 2.45) is 0 Å². The van der Waals surface area contributed by atoms with Gasteiger partial charge in [-0.1, -0.05) is 60.2 Å². The van der Waals surface area contributed by atoms with Crippen molar-refractivity contribution in [2.45, 2.75) is 18.2 Å². The largest absolute Gasteiger partial charge is 0.367 e. The first-order chi connectivity index (χ1) is 15.6. The molecule has 1 fully saturated rings. The third kappa shape index (κ3) is 4.20. The van der Waals surface area contributed by atoms with Gasteiger partial charge in [0.15, 0.2) is 10.7 Å². The summed E-state index contributed by atoms with van der Waals surface area (Å²) in [7, 11) is -2.69. The molecule has 3 aromatic carbocycles. The second-order valence-corrected chi connectivity index (χ2v) is 9.73. The van der Waals surface area contributed by atoms with Gasteiger partial charge in [-0.2, -0.15) is 4.37 Å². The van der Waals surface area contributed by atoms with Crippen LogP contribution in [0.25, 0.3) is 10.8 Å². The monoisotopic (exact) mass is 464 g/mol. The van der Waals surface area contributed by atoms with Gasteiger partial charge in [0.25, 0.3) is 0 Å². The Morgan fingerprint density at radius 3 is 2.38 bits per heavy atom. The third-order valence-corrected chi connectivity index (χ3v) is 7.54. The normalized spacial score (nSPS) is 14.4. The first-order valence-corrected chi connectivity index (χ1v) is 12.6. The maximum Gasteiger partial charge on any atom is 0.205 e. The molecule has 0 aliphatic carbocycles. The lowest BCUT2D eigenvalue weighted by molar-refractivity contribution is 0.612. The molecule has 0 spiro atoms. The average Bonchev–Trinajstić information content (AvgIpc) is 3.28. The smallest absolute Gasteiger partial charge is 0.205 e. The van der Waals surface area contributed by atoms with Crippen molar-refractivity contribution < 1.29 is 8.42 Å². The summed E-state index contributed by atoms with van der Waals surface area (Å²) in [6, 6.07) is 20.0. The lowest BCUT2D eigenvalue weighted by Crippen LogP contribution is -2.46. The Kier molecular flexibility index (Phi) is 5.80. The molecule has 4 aromatic rings. The highest BCUT2D eigenvalue weighted by Gasteiger charge is 2.23. The zero-order chi connectivity index (χ0) is 22.1. The van der Waals surface area contributed by atoms with E-state index in [-0.39, 0.29) is 0 Å². The quantitative estimate of drug-likeness (QED) is 0.452. The number of benzene rings is 3. The van der Waals surface area contributed by atoms with E-state index in [1.807, 2.05) is 36.4 Å². The molecule has 6 nitrogen and oxygen atoms in total. The van der Waals surface area contributed by atoms with Crippen molar-refractivity contribution >= 4 is 43.8 Å². The highest BCUT2D eigenvalue weighted by molar-refractivity contribution is 7.73. The van der Waals surface area contributed by atoms with Gasteiger partial charge in [0.05, 0.1) is 10.6 Å². The molecule has 0 amide bonds. The molecule has 1 aliphatic heterocycles. The van der Waals surface area contributed by atoms with E-state index in [1.165, 1.54) is 22.7 Å².